The van der Waals surface area contributed by atoms with Gasteiger partial charge in [0.2, 0.25) is 0 Å². The SMILES string of the molecule is CC(C)OCCCNC(=O)c1cc2ccccc2[nH]1. The topological polar surface area (TPSA) is 54.1 Å². The Morgan fingerprint density at radius 2 is 2.16 bits per heavy atom. The molecular weight excluding hydrogens is 240 g/mol. The predicted octanol–water partition coefficient (Wildman–Crippen LogP) is 2.71. The number of amides is 1. The van der Waals surface area contributed by atoms with E-state index in [1.807, 2.05) is 44.2 Å². The molecule has 19 heavy (non-hydrogen) atoms. The molecule has 0 atom stereocenters. The van der Waals surface area contributed by atoms with Gasteiger partial charge in [-0.05, 0) is 32.4 Å². The lowest BCUT2D eigenvalue weighted by Gasteiger charge is -2.07. The molecule has 0 saturated heterocycles. The van der Waals surface area contributed by atoms with E-state index in [2.05, 4.69) is 10.3 Å². The first kappa shape index (κ1) is 13.6. The van der Waals surface area contributed by atoms with E-state index in [-0.39, 0.29) is 12.0 Å². The van der Waals surface area contributed by atoms with Crippen molar-refractivity contribution in [2.75, 3.05) is 13.2 Å². The van der Waals surface area contributed by atoms with Crippen LogP contribution in [0.3, 0.4) is 0 Å². The number of H-pyrrole nitrogens is 1. The smallest absolute Gasteiger partial charge is 0.267 e. The minimum atomic E-state index is -0.0688. The summed E-state index contributed by atoms with van der Waals surface area (Å²) in [4.78, 5) is 15.0. The Morgan fingerprint density at radius 3 is 2.89 bits per heavy atom. The highest BCUT2D eigenvalue weighted by molar-refractivity contribution is 5.97. The van der Waals surface area contributed by atoms with E-state index in [0.29, 0.717) is 18.8 Å². The maximum absolute atomic E-state index is 11.9. The number of ether oxygens (including phenoxy) is 1. The van der Waals surface area contributed by atoms with Crippen molar-refractivity contribution >= 4 is 16.8 Å². The summed E-state index contributed by atoms with van der Waals surface area (Å²) < 4.78 is 5.42. The zero-order valence-corrected chi connectivity index (χ0v) is 11.4. The Morgan fingerprint density at radius 1 is 1.37 bits per heavy atom. The first-order chi connectivity index (χ1) is 9.16. The van der Waals surface area contributed by atoms with Crippen molar-refractivity contribution in [3.8, 4) is 0 Å². The number of hydrogen-bond donors (Lipinski definition) is 2. The fraction of sp³-hybridized carbons (Fsp3) is 0.400. The molecule has 0 aliphatic rings. The van der Waals surface area contributed by atoms with Gasteiger partial charge in [-0.2, -0.15) is 0 Å². The second-order valence-corrected chi connectivity index (χ2v) is 4.80. The number of benzene rings is 1. The number of aromatic amines is 1. The molecule has 0 aliphatic carbocycles. The van der Waals surface area contributed by atoms with Crippen molar-refractivity contribution in [2.24, 2.45) is 0 Å². The first-order valence-corrected chi connectivity index (χ1v) is 6.64. The predicted molar refractivity (Wildman–Crippen MR) is 76.3 cm³/mol. The van der Waals surface area contributed by atoms with Gasteiger partial charge in [-0.1, -0.05) is 18.2 Å². The molecule has 0 radical (unpaired) electrons. The van der Waals surface area contributed by atoms with Crippen molar-refractivity contribution < 1.29 is 9.53 Å². The summed E-state index contributed by atoms with van der Waals surface area (Å²) in [6, 6.07) is 9.72. The van der Waals surface area contributed by atoms with Crippen LogP contribution >= 0.6 is 0 Å². The minimum absolute atomic E-state index is 0.0688. The third kappa shape index (κ3) is 3.83. The van der Waals surface area contributed by atoms with Crippen LogP contribution in [0, 0.1) is 0 Å². The van der Waals surface area contributed by atoms with E-state index < -0.39 is 0 Å². The number of hydrogen-bond acceptors (Lipinski definition) is 2. The lowest BCUT2D eigenvalue weighted by atomic mass is 10.2. The second-order valence-electron chi connectivity index (χ2n) is 4.80. The fourth-order valence-electron chi connectivity index (χ4n) is 1.88. The molecule has 0 saturated carbocycles. The average molecular weight is 260 g/mol. The molecule has 0 fully saturated rings. The van der Waals surface area contributed by atoms with Gasteiger partial charge in [0.1, 0.15) is 5.69 Å². The highest BCUT2D eigenvalue weighted by Gasteiger charge is 2.08. The molecule has 0 unspecified atom stereocenters. The van der Waals surface area contributed by atoms with Crippen molar-refractivity contribution in [3.63, 3.8) is 0 Å². The fourth-order valence-corrected chi connectivity index (χ4v) is 1.88. The van der Waals surface area contributed by atoms with Gasteiger partial charge in [-0.25, -0.2) is 0 Å². The molecule has 1 heterocycles. The number of fused-ring (bicyclic) bond motifs is 1. The number of rotatable bonds is 6. The third-order valence-electron chi connectivity index (χ3n) is 2.83. The van der Waals surface area contributed by atoms with Crippen molar-refractivity contribution in [1.82, 2.24) is 10.3 Å². The monoisotopic (exact) mass is 260 g/mol. The van der Waals surface area contributed by atoms with Gasteiger partial charge in [0.25, 0.3) is 5.91 Å². The van der Waals surface area contributed by atoms with E-state index in [1.54, 1.807) is 0 Å². The van der Waals surface area contributed by atoms with E-state index in [1.165, 1.54) is 0 Å². The molecule has 1 aromatic heterocycles. The molecule has 1 amide bonds. The van der Waals surface area contributed by atoms with Crippen LogP contribution in [-0.2, 0) is 4.74 Å². The maximum Gasteiger partial charge on any atom is 0.267 e. The summed E-state index contributed by atoms with van der Waals surface area (Å²) in [6.07, 6.45) is 1.06. The molecular formula is C15H20N2O2. The normalized spacial score (nSPS) is 11.1. The van der Waals surface area contributed by atoms with Crippen LogP contribution in [0.5, 0.6) is 0 Å². The van der Waals surface area contributed by atoms with Crippen LogP contribution in [0.15, 0.2) is 30.3 Å². The molecule has 0 spiro atoms. The highest BCUT2D eigenvalue weighted by atomic mass is 16.5. The van der Waals surface area contributed by atoms with Gasteiger partial charge in [0.05, 0.1) is 6.10 Å². The summed E-state index contributed by atoms with van der Waals surface area (Å²) in [7, 11) is 0. The Kier molecular flexibility index (Phi) is 4.58. The van der Waals surface area contributed by atoms with Crippen LogP contribution in [0.1, 0.15) is 30.8 Å². The lowest BCUT2D eigenvalue weighted by Crippen LogP contribution is -2.25. The van der Waals surface area contributed by atoms with Crippen LogP contribution in [0.25, 0.3) is 10.9 Å². The zero-order valence-electron chi connectivity index (χ0n) is 11.4. The summed E-state index contributed by atoms with van der Waals surface area (Å²) in [6.45, 7) is 5.30. The Hall–Kier alpha value is -1.81. The van der Waals surface area contributed by atoms with Crippen LogP contribution in [0.2, 0.25) is 0 Å². The van der Waals surface area contributed by atoms with Crippen molar-refractivity contribution in [2.45, 2.75) is 26.4 Å². The molecule has 1 aromatic carbocycles. The van der Waals surface area contributed by atoms with Crippen LogP contribution < -0.4 is 5.32 Å². The van der Waals surface area contributed by atoms with Crippen molar-refractivity contribution in [1.29, 1.82) is 0 Å². The molecule has 4 heteroatoms. The number of aromatic nitrogens is 1. The first-order valence-electron chi connectivity index (χ1n) is 6.64. The quantitative estimate of drug-likeness (QED) is 0.785. The summed E-state index contributed by atoms with van der Waals surface area (Å²) in [5, 5.41) is 3.94. The Balaban J connectivity index is 1.83. The zero-order chi connectivity index (χ0) is 13.7. The standard InChI is InChI=1S/C15H20N2O2/c1-11(2)19-9-5-8-16-15(18)14-10-12-6-3-4-7-13(12)17-14/h3-4,6-7,10-11,17H,5,8-9H2,1-2H3,(H,16,18). The van der Waals surface area contributed by atoms with E-state index >= 15 is 0 Å². The summed E-state index contributed by atoms with van der Waals surface area (Å²) in [5.41, 5.74) is 1.58. The number of nitrogens with one attached hydrogen (secondary N) is 2. The highest BCUT2D eigenvalue weighted by Crippen LogP contribution is 2.14. The van der Waals surface area contributed by atoms with Gasteiger partial charge >= 0.3 is 0 Å². The van der Waals surface area contributed by atoms with Gasteiger partial charge in [0.15, 0.2) is 0 Å². The molecule has 2 aromatic rings. The third-order valence-corrected chi connectivity index (χ3v) is 2.83. The van der Waals surface area contributed by atoms with Gasteiger partial charge in [0, 0.05) is 24.1 Å². The number of carbonyl (C=O) groups is 1. The molecule has 2 N–H and O–H groups in total. The Bertz CT molecular complexity index is 513. The van der Waals surface area contributed by atoms with Gasteiger partial charge in [-0.15, -0.1) is 0 Å². The summed E-state index contributed by atoms with van der Waals surface area (Å²) >= 11 is 0. The molecule has 4 nitrogen and oxygen atoms in total. The van der Waals surface area contributed by atoms with Crippen LogP contribution in [0.4, 0.5) is 0 Å². The van der Waals surface area contributed by atoms with E-state index in [9.17, 15) is 4.79 Å². The molecule has 0 aliphatic heterocycles. The number of para-hydroxylation sites is 1. The van der Waals surface area contributed by atoms with E-state index in [4.69, 9.17) is 4.74 Å². The molecule has 102 valence electrons. The molecule has 0 bridgehead atoms. The second kappa shape index (κ2) is 6.38. The Labute approximate surface area is 113 Å². The maximum atomic E-state index is 11.9. The summed E-state index contributed by atoms with van der Waals surface area (Å²) in [5.74, 6) is -0.0688. The van der Waals surface area contributed by atoms with E-state index in [0.717, 1.165) is 17.3 Å². The lowest BCUT2D eigenvalue weighted by molar-refractivity contribution is 0.0756. The van der Waals surface area contributed by atoms with Crippen molar-refractivity contribution in [3.05, 3.63) is 36.0 Å². The minimum Gasteiger partial charge on any atom is -0.379 e. The molecule has 2 rings (SSSR count). The van der Waals surface area contributed by atoms with Gasteiger partial charge < -0.3 is 15.0 Å². The largest absolute Gasteiger partial charge is 0.379 e. The average Bonchev–Trinajstić information content (AvgIpc) is 2.81. The number of carbonyl (C=O) groups excluding carboxylic acids is 1. The van der Waals surface area contributed by atoms with Gasteiger partial charge in [-0.3, -0.25) is 4.79 Å². The van der Waals surface area contributed by atoms with Crippen LogP contribution in [-0.4, -0.2) is 30.1 Å².